The average Bonchev–Trinajstić information content (AvgIpc) is 2.93. The zero-order valence-electron chi connectivity index (χ0n) is 13.9. The van der Waals surface area contributed by atoms with Crippen molar-refractivity contribution in [1.82, 2.24) is 10.2 Å². The Morgan fingerprint density at radius 3 is 2.90 bits per heavy atom. The maximum Gasteiger partial charge on any atom is 0.0375 e. The van der Waals surface area contributed by atoms with Gasteiger partial charge in [-0.1, -0.05) is 45.0 Å². The molecule has 2 unspecified atom stereocenters. The van der Waals surface area contributed by atoms with E-state index in [1.807, 2.05) is 0 Å². The van der Waals surface area contributed by atoms with E-state index in [2.05, 4.69) is 55.3 Å². The second kappa shape index (κ2) is 6.10. The Hall–Kier alpha value is -0.860. The van der Waals surface area contributed by atoms with Crippen LogP contribution in [0.5, 0.6) is 0 Å². The summed E-state index contributed by atoms with van der Waals surface area (Å²) in [5.74, 6) is 0. The van der Waals surface area contributed by atoms with E-state index in [1.54, 1.807) is 5.56 Å². The molecule has 2 aliphatic rings. The molecular formula is C19H30N2. The number of rotatable bonds is 4. The number of likely N-dealkylation sites (N-methyl/N-ethyl adjacent to an activating group) is 1. The van der Waals surface area contributed by atoms with Crippen LogP contribution in [0.1, 0.15) is 57.2 Å². The first kappa shape index (κ1) is 15.1. The lowest BCUT2D eigenvalue weighted by Gasteiger charge is -2.41. The van der Waals surface area contributed by atoms with E-state index in [1.165, 1.54) is 44.3 Å². The van der Waals surface area contributed by atoms with Crippen LogP contribution < -0.4 is 5.32 Å². The summed E-state index contributed by atoms with van der Waals surface area (Å²) in [5, 5.41) is 3.93. The predicted molar refractivity (Wildman–Crippen MR) is 89.6 cm³/mol. The van der Waals surface area contributed by atoms with Crippen molar-refractivity contribution in [2.24, 2.45) is 5.41 Å². The van der Waals surface area contributed by atoms with E-state index in [0.717, 1.165) is 12.6 Å². The molecule has 2 nitrogen and oxygen atoms in total. The van der Waals surface area contributed by atoms with Crippen molar-refractivity contribution in [3.05, 3.63) is 35.4 Å². The lowest BCUT2D eigenvalue weighted by molar-refractivity contribution is 0.185. The Bertz CT molecular complexity index is 480. The number of benzene rings is 1. The molecule has 1 N–H and O–H groups in total. The van der Waals surface area contributed by atoms with Crippen LogP contribution in [0.2, 0.25) is 0 Å². The lowest BCUT2D eigenvalue weighted by atomic mass is 9.70. The summed E-state index contributed by atoms with van der Waals surface area (Å²) < 4.78 is 0. The highest BCUT2D eigenvalue weighted by molar-refractivity contribution is 5.34. The van der Waals surface area contributed by atoms with E-state index in [-0.39, 0.29) is 0 Å². The molecule has 1 saturated heterocycles. The van der Waals surface area contributed by atoms with Crippen molar-refractivity contribution in [3.8, 4) is 0 Å². The molecule has 0 amide bonds. The molecule has 2 atom stereocenters. The van der Waals surface area contributed by atoms with Gasteiger partial charge in [-0.25, -0.2) is 0 Å². The van der Waals surface area contributed by atoms with Gasteiger partial charge in [-0.15, -0.1) is 0 Å². The van der Waals surface area contributed by atoms with Gasteiger partial charge in [0.25, 0.3) is 0 Å². The highest BCUT2D eigenvalue weighted by atomic mass is 15.2. The van der Waals surface area contributed by atoms with E-state index in [0.29, 0.717) is 11.5 Å². The maximum absolute atomic E-state index is 3.93. The SMILES string of the molecule is CCN1CCCC1CNC1c2ccccc2CCC1(C)C. The molecule has 1 aromatic carbocycles. The van der Waals surface area contributed by atoms with Crippen LogP contribution in [-0.2, 0) is 6.42 Å². The first-order valence-corrected chi connectivity index (χ1v) is 8.67. The van der Waals surface area contributed by atoms with Gasteiger partial charge in [0.05, 0.1) is 0 Å². The Balaban J connectivity index is 1.74. The maximum atomic E-state index is 3.93. The Morgan fingerprint density at radius 2 is 2.10 bits per heavy atom. The van der Waals surface area contributed by atoms with Gasteiger partial charge in [-0.3, -0.25) is 4.90 Å². The zero-order valence-corrected chi connectivity index (χ0v) is 13.9. The van der Waals surface area contributed by atoms with Crippen molar-refractivity contribution in [3.63, 3.8) is 0 Å². The quantitative estimate of drug-likeness (QED) is 0.906. The van der Waals surface area contributed by atoms with Crippen molar-refractivity contribution in [2.45, 2.75) is 58.5 Å². The minimum absolute atomic E-state index is 0.351. The molecule has 1 heterocycles. The largest absolute Gasteiger partial charge is 0.308 e. The van der Waals surface area contributed by atoms with Gasteiger partial charge in [-0.2, -0.15) is 0 Å². The van der Waals surface area contributed by atoms with Crippen molar-refractivity contribution < 1.29 is 0 Å². The fourth-order valence-electron chi connectivity index (χ4n) is 4.25. The second-order valence-electron chi connectivity index (χ2n) is 7.45. The van der Waals surface area contributed by atoms with Crippen LogP contribution in [0.15, 0.2) is 24.3 Å². The summed E-state index contributed by atoms with van der Waals surface area (Å²) >= 11 is 0. The van der Waals surface area contributed by atoms with E-state index < -0.39 is 0 Å². The molecule has 2 heteroatoms. The third-order valence-electron chi connectivity index (χ3n) is 5.65. The average molecular weight is 286 g/mol. The first-order chi connectivity index (χ1) is 10.1. The molecule has 1 aromatic rings. The molecule has 1 aliphatic heterocycles. The molecule has 0 spiro atoms. The first-order valence-electron chi connectivity index (χ1n) is 8.67. The topological polar surface area (TPSA) is 15.3 Å². The van der Waals surface area contributed by atoms with E-state index in [4.69, 9.17) is 0 Å². The number of aryl methyl sites for hydroxylation is 1. The molecule has 3 rings (SSSR count). The zero-order chi connectivity index (χ0) is 14.9. The van der Waals surface area contributed by atoms with Crippen LogP contribution in [-0.4, -0.2) is 30.6 Å². The van der Waals surface area contributed by atoms with Gasteiger partial charge in [0.2, 0.25) is 0 Å². The Morgan fingerprint density at radius 1 is 1.29 bits per heavy atom. The molecule has 1 fully saturated rings. The summed E-state index contributed by atoms with van der Waals surface area (Å²) in [6.45, 7) is 10.7. The number of likely N-dealkylation sites (tertiary alicyclic amines) is 1. The van der Waals surface area contributed by atoms with Crippen LogP contribution in [0, 0.1) is 5.41 Å². The standard InChI is InChI=1S/C19H30N2/c1-4-21-13-7-9-16(21)14-20-18-17-10-6-5-8-15(17)11-12-19(18,2)3/h5-6,8,10,16,18,20H,4,7,9,11-14H2,1-3H3. The number of hydrogen-bond donors (Lipinski definition) is 1. The molecule has 0 saturated carbocycles. The van der Waals surface area contributed by atoms with Crippen molar-refractivity contribution in [1.29, 1.82) is 0 Å². The fraction of sp³-hybridized carbons (Fsp3) is 0.684. The smallest absolute Gasteiger partial charge is 0.0375 e. The van der Waals surface area contributed by atoms with Gasteiger partial charge in [0.1, 0.15) is 0 Å². The Kier molecular flexibility index (Phi) is 4.37. The summed E-state index contributed by atoms with van der Waals surface area (Å²) in [6.07, 6.45) is 5.23. The molecule has 116 valence electrons. The third kappa shape index (κ3) is 3.02. The number of hydrogen-bond acceptors (Lipinski definition) is 2. The molecule has 0 bridgehead atoms. The molecule has 21 heavy (non-hydrogen) atoms. The van der Waals surface area contributed by atoms with Crippen LogP contribution in [0.4, 0.5) is 0 Å². The molecular weight excluding hydrogens is 256 g/mol. The van der Waals surface area contributed by atoms with Crippen molar-refractivity contribution in [2.75, 3.05) is 19.6 Å². The minimum atomic E-state index is 0.351. The molecule has 0 aromatic heterocycles. The summed E-state index contributed by atoms with van der Waals surface area (Å²) in [6, 6.07) is 10.3. The minimum Gasteiger partial charge on any atom is -0.308 e. The van der Waals surface area contributed by atoms with E-state index >= 15 is 0 Å². The van der Waals surface area contributed by atoms with Gasteiger partial charge in [0, 0.05) is 18.6 Å². The van der Waals surface area contributed by atoms with Crippen LogP contribution in [0.25, 0.3) is 0 Å². The Labute approximate surface area is 129 Å². The predicted octanol–water partition coefficient (Wildman–Crippen LogP) is 3.77. The van der Waals surface area contributed by atoms with Crippen molar-refractivity contribution >= 4 is 0 Å². The number of nitrogens with one attached hydrogen (secondary N) is 1. The highest BCUT2D eigenvalue weighted by Crippen LogP contribution is 2.43. The summed E-state index contributed by atoms with van der Waals surface area (Å²) in [4.78, 5) is 2.63. The number of nitrogens with zero attached hydrogens (tertiary/aromatic N) is 1. The summed E-state index contributed by atoms with van der Waals surface area (Å²) in [7, 11) is 0. The molecule has 0 radical (unpaired) electrons. The third-order valence-corrected chi connectivity index (χ3v) is 5.65. The van der Waals surface area contributed by atoms with Gasteiger partial charge >= 0.3 is 0 Å². The van der Waals surface area contributed by atoms with Crippen LogP contribution in [0.3, 0.4) is 0 Å². The second-order valence-corrected chi connectivity index (χ2v) is 7.45. The lowest BCUT2D eigenvalue weighted by Crippen LogP contribution is -2.44. The monoisotopic (exact) mass is 286 g/mol. The van der Waals surface area contributed by atoms with E-state index in [9.17, 15) is 0 Å². The highest BCUT2D eigenvalue weighted by Gasteiger charge is 2.36. The van der Waals surface area contributed by atoms with Gasteiger partial charge in [-0.05, 0) is 55.3 Å². The normalized spacial score (nSPS) is 28.5. The fourth-order valence-corrected chi connectivity index (χ4v) is 4.25. The van der Waals surface area contributed by atoms with Gasteiger partial charge < -0.3 is 5.32 Å². The van der Waals surface area contributed by atoms with Gasteiger partial charge in [0.15, 0.2) is 0 Å². The summed E-state index contributed by atoms with van der Waals surface area (Å²) in [5.41, 5.74) is 3.44. The van der Waals surface area contributed by atoms with Crippen LogP contribution >= 0.6 is 0 Å². The molecule has 1 aliphatic carbocycles. The number of fused-ring (bicyclic) bond motifs is 1.